The number of carbonyl (C=O) groups excluding carboxylic acids is 3. The molecule has 2 atom stereocenters. The zero-order chi connectivity index (χ0) is 48.4. The molecule has 0 aromatic heterocycles. The van der Waals surface area contributed by atoms with Crippen LogP contribution in [0.2, 0.25) is 0 Å². The van der Waals surface area contributed by atoms with Crippen molar-refractivity contribution in [3.63, 3.8) is 0 Å². The highest BCUT2D eigenvalue weighted by molar-refractivity contribution is 9.10. The maximum atomic E-state index is 13.9. The first-order valence-corrected chi connectivity index (χ1v) is 24.8. The summed E-state index contributed by atoms with van der Waals surface area (Å²) >= 11 is 7.17. The van der Waals surface area contributed by atoms with Crippen LogP contribution in [-0.2, 0) is 14.2 Å². The minimum absolute atomic E-state index is 0. The molecular formula is C49H79Br2ClN4O10. The number of ether oxygens (including phenoxy) is 7. The Labute approximate surface area is 418 Å². The standard InChI is InChI=1S/C27H43BrN2O6.C22H35BrN2O4.ClH/c1-18(2)30(20-11-9-12-29(17-20)26(32)36-27(5,6)7)25(31)21-15-23(34-14-10-13-33-8)24(16-22(21)28)35-19(3)4;1-15(2)25(17-8-6-9-24-14-17)22(26)18-12-20(28-11-7-10-27-5)21(13-19(18)23)29-16(3)4;/h15-16,18-20H,9-14,17H2,1-8H3;12-13,15-17,24H,6-11,14H2,1-5H3;1H/t20-;17-;/m11./s1. The van der Waals surface area contributed by atoms with E-state index >= 15 is 0 Å². The zero-order valence-electron chi connectivity index (χ0n) is 41.8. The van der Waals surface area contributed by atoms with E-state index < -0.39 is 5.60 Å². The summed E-state index contributed by atoms with van der Waals surface area (Å²) in [5.74, 6) is 2.22. The molecule has 0 aliphatic carbocycles. The largest absolute Gasteiger partial charge is 0.490 e. The smallest absolute Gasteiger partial charge is 0.410 e. The Bertz CT molecular complexity index is 1810. The van der Waals surface area contributed by atoms with E-state index in [1.54, 1.807) is 31.3 Å². The van der Waals surface area contributed by atoms with E-state index in [1.807, 2.05) is 84.2 Å². The Balaban J connectivity index is 0.000000457. The first kappa shape index (κ1) is 59.1. The number of nitrogens with zero attached hydrogens (tertiary/aromatic N) is 3. The Morgan fingerprint density at radius 3 is 1.55 bits per heavy atom. The maximum Gasteiger partial charge on any atom is 0.410 e. The van der Waals surface area contributed by atoms with Crippen molar-refractivity contribution in [3.05, 3.63) is 44.3 Å². The average molecular weight is 1080 g/mol. The zero-order valence-corrected chi connectivity index (χ0v) is 45.7. The molecule has 2 aliphatic rings. The molecule has 0 unspecified atom stereocenters. The summed E-state index contributed by atoms with van der Waals surface area (Å²) in [4.78, 5) is 45.7. The summed E-state index contributed by atoms with van der Waals surface area (Å²) in [7, 11) is 3.32. The lowest BCUT2D eigenvalue weighted by Crippen LogP contribution is -2.54. The predicted molar refractivity (Wildman–Crippen MR) is 270 cm³/mol. The van der Waals surface area contributed by atoms with Crippen LogP contribution in [0.4, 0.5) is 4.79 Å². The summed E-state index contributed by atoms with van der Waals surface area (Å²) in [6.07, 6.45) is 4.82. The second-order valence-electron chi connectivity index (χ2n) is 18.6. The fourth-order valence-electron chi connectivity index (χ4n) is 7.75. The van der Waals surface area contributed by atoms with Gasteiger partial charge in [-0.3, -0.25) is 9.59 Å². The van der Waals surface area contributed by atoms with E-state index in [9.17, 15) is 14.4 Å². The molecule has 376 valence electrons. The van der Waals surface area contributed by atoms with Gasteiger partial charge in [0.2, 0.25) is 0 Å². The summed E-state index contributed by atoms with van der Waals surface area (Å²) < 4.78 is 41.0. The molecule has 0 bridgehead atoms. The number of methoxy groups -OCH3 is 2. The molecule has 66 heavy (non-hydrogen) atoms. The number of likely N-dealkylation sites (tertiary alicyclic amines) is 1. The third-order valence-electron chi connectivity index (χ3n) is 10.4. The van der Waals surface area contributed by atoms with Crippen molar-refractivity contribution in [1.29, 1.82) is 0 Å². The van der Waals surface area contributed by atoms with Gasteiger partial charge in [0.25, 0.3) is 11.8 Å². The van der Waals surface area contributed by atoms with Crippen LogP contribution in [-0.4, -0.2) is 141 Å². The monoisotopic (exact) mass is 1080 g/mol. The molecule has 17 heteroatoms. The quantitative estimate of drug-likeness (QED) is 0.127. The van der Waals surface area contributed by atoms with Crippen molar-refractivity contribution >= 4 is 62.2 Å². The molecule has 14 nitrogen and oxygen atoms in total. The van der Waals surface area contributed by atoms with E-state index in [4.69, 9.17) is 33.2 Å². The summed E-state index contributed by atoms with van der Waals surface area (Å²) in [6.45, 7) is 26.6. The Kier molecular flexibility index (Phi) is 26.1. The highest BCUT2D eigenvalue weighted by atomic mass is 79.9. The topological polar surface area (TPSA) is 138 Å². The van der Waals surface area contributed by atoms with Crippen LogP contribution in [0.5, 0.6) is 23.0 Å². The number of halogens is 3. The lowest BCUT2D eigenvalue weighted by atomic mass is 10.0. The number of carbonyl (C=O) groups is 3. The normalized spacial score (nSPS) is 16.3. The van der Waals surface area contributed by atoms with E-state index in [0.29, 0.717) is 78.1 Å². The number of amides is 3. The number of hydrogen-bond donors (Lipinski definition) is 1. The summed E-state index contributed by atoms with van der Waals surface area (Å²) in [5, 5.41) is 3.41. The van der Waals surface area contributed by atoms with E-state index in [1.165, 1.54) is 0 Å². The molecule has 2 heterocycles. The molecule has 2 aromatic carbocycles. The molecule has 2 saturated heterocycles. The number of benzene rings is 2. The van der Waals surface area contributed by atoms with Crippen LogP contribution in [0.1, 0.15) is 135 Å². The van der Waals surface area contributed by atoms with Crippen LogP contribution < -0.4 is 24.3 Å². The van der Waals surface area contributed by atoms with Crippen molar-refractivity contribution in [2.45, 2.75) is 157 Å². The first-order valence-electron chi connectivity index (χ1n) is 23.3. The van der Waals surface area contributed by atoms with E-state index in [-0.39, 0.29) is 66.7 Å². The second-order valence-corrected chi connectivity index (χ2v) is 20.3. The third kappa shape index (κ3) is 18.8. The van der Waals surface area contributed by atoms with Gasteiger partial charge < -0.3 is 53.2 Å². The Morgan fingerprint density at radius 1 is 0.697 bits per heavy atom. The number of nitrogens with one attached hydrogen (secondary N) is 1. The summed E-state index contributed by atoms with van der Waals surface area (Å²) in [5.41, 5.74) is 0.528. The highest BCUT2D eigenvalue weighted by Gasteiger charge is 2.36. The maximum absolute atomic E-state index is 13.9. The van der Waals surface area contributed by atoms with Gasteiger partial charge in [-0.25, -0.2) is 4.79 Å². The predicted octanol–water partition coefficient (Wildman–Crippen LogP) is 10.6. The lowest BCUT2D eigenvalue weighted by molar-refractivity contribution is 0.00749. The van der Waals surface area contributed by atoms with Gasteiger partial charge in [-0.05, 0) is 165 Å². The first-order chi connectivity index (χ1) is 30.7. The molecular weight excluding hydrogens is 1000 g/mol. The van der Waals surface area contributed by atoms with Crippen molar-refractivity contribution in [2.24, 2.45) is 0 Å². The molecule has 2 fully saturated rings. The number of rotatable bonds is 20. The molecule has 2 aliphatic heterocycles. The van der Waals surface area contributed by atoms with Crippen LogP contribution in [0.15, 0.2) is 33.2 Å². The molecule has 4 rings (SSSR count). The van der Waals surface area contributed by atoms with Gasteiger partial charge in [-0.1, -0.05) is 0 Å². The van der Waals surface area contributed by atoms with Gasteiger partial charge in [0, 0.05) is 87.0 Å². The van der Waals surface area contributed by atoms with E-state index in [2.05, 4.69) is 51.0 Å². The summed E-state index contributed by atoms with van der Waals surface area (Å²) in [6, 6.07) is 7.32. The van der Waals surface area contributed by atoms with Crippen molar-refractivity contribution in [2.75, 3.05) is 66.8 Å². The van der Waals surface area contributed by atoms with Gasteiger partial charge in [-0.15, -0.1) is 12.4 Å². The third-order valence-corrected chi connectivity index (χ3v) is 11.8. The number of piperidine rings is 2. The molecule has 0 saturated carbocycles. The van der Waals surface area contributed by atoms with Crippen LogP contribution in [0.25, 0.3) is 0 Å². The van der Waals surface area contributed by atoms with Gasteiger partial charge in [0.15, 0.2) is 23.0 Å². The van der Waals surface area contributed by atoms with Crippen LogP contribution >= 0.6 is 44.3 Å². The van der Waals surface area contributed by atoms with Crippen molar-refractivity contribution in [3.8, 4) is 23.0 Å². The molecule has 0 radical (unpaired) electrons. The van der Waals surface area contributed by atoms with Gasteiger partial charge >= 0.3 is 6.09 Å². The van der Waals surface area contributed by atoms with Gasteiger partial charge in [-0.2, -0.15) is 0 Å². The van der Waals surface area contributed by atoms with Crippen molar-refractivity contribution in [1.82, 2.24) is 20.0 Å². The minimum atomic E-state index is -0.568. The van der Waals surface area contributed by atoms with E-state index in [0.717, 1.165) is 56.1 Å². The highest BCUT2D eigenvalue weighted by Crippen LogP contribution is 2.38. The van der Waals surface area contributed by atoms with Gasteiger partial charge in [0.1, 0.15) is 5.60 Å². The molecule has 2 aromatic rings. The van der Waals surface area contributed by atoms with Gasteiger partial charge in [0.05, 0.1) is 42.6 Å². The molecule has 0 spiro atoms. The second kappa shape index (κ2) is 29.1. The van der Waals surface area contributed by atoms with Crippen LogP contribution in [0.3, 0.4) is 0 Å². The van der Waals surface area contributed by atoms with Crippen LogP contribution in [0, 0.1) is 0 Å². The average Bonchev–Trinajstić information content (AvgIpc) is 3.22. The Morgan fingerprint density at radius 2 is 1.15 bits per heavy atom. The fourth-order valence-corrected chi connectivity index (χ4v) is 8.74. The minimum Gasteiger partial charge on any atom is -0.490 e. The van der Waals surface area contributed by atoms with Crippen molar-refractivity contribution < 1.29 is 47.5 Å². The Hall–Kier alpha value is -3.02. The fraction of sp³-hybridized carbons (Fsp3) is 0.694. The number of hydrogen-bond acceptors (Lipinski definition) is 11. The molecule has 1 N–H and O–H groups in total. The SMILES string of the molecule is COCCCOc1cc(C(=O)N(C(C)C)[C@@H]2CCCN(C(=O)OC(C)(C)C)C2)c(Br)cc1OC(C)C.COCCCOc1cc(C(=O)N(C(C)C)[C@@H]2CCCNC2)c(Br)cc1OC(C)C.Cl. The lowest BCUT2D eigenvalue weighted by Gasteiger charge is -2.41. The molecule has 3 amide bonds.